The average Bonchev–Trinajstić information content (AvgIpc) is 2.09. The molecule has 72 valence electrons. The summed E-state index contributed by atoms with van der Waals surface area (Å²) in [6.07, 6.45) is 11.2. The molecule has 0 rings (SSSR count). The lowest BCUT2D eigenvalue weighted by molar-refractivity contribution is 0.606. The number of hydrogen-bond donors (Lipinski definition) is 0. The molecule has 0 saturated carbocycles. The third-order valence-corrected chi connectivity index (χ3v) is 2.97. The molecule has 0 nitrogen and oxygen atoms in total. The SMILES string of the molecule is C=CCCC(Br)CCCCCC. The van der Waals surface area contributed by atoms with E-state index in [4.69, 9.17) is 0 Å². The topological polar surface area (TPSA) is 0 Å². The normalized spacial score (nSPS) is 12.8. The zero-order chi connectivity index (χ0) is 9.23. The number of unbranched alkanes of at least 4 members (excludes halogenated alkanes) is 3. The van der Waals surface area contributed by atoms with E-state index in [2.05, 4.69) is 29.4 Å². The van der Waals surface area contributed by atoms with Gasteiger partial charge in [-0.3, -0.25) is 0 Å². The zero-order valence-electron chi connectivity index (χ0n) is 8.19. The first-order chi connectivity index (χ1) is 5.81. The highest BCUT2D eigenvalue weighted by atomic mass is 79.9. The Hall–Kier alpha value is 0.220. The molecule has 0 aliphatic rings. The second-order valence-corrected chi connectivity index (χ2v) is 4.61. The summed E-state index contributed by atoms with van der Waals surface area (Å²) in [4.78, 5) is 0.715. The number of halogens is 1. The standard InChI is InChI=1S/C11H21Br/c1-3-5-7-8-10-11(12)9-6-4-2/h4,11H,2-3,5-10H2,1H3. The lowest BCUT2D eigenvalue weighted by atomic mass is 10.1. The largest absolute Gasteiger partial charge is 0.103 e. The van der Waals surface area contributed by atoms with Crippen LogP contribution < -0.4 is 0 Å². The smallest absolute Gasteiger partial charge is 0.0148 e. The van der Waals surface area contributed by atoms with Crippen LogP contribution in [-0.2, 0) is 0 Å². The van der Waals surface area contributed by atoms with Gasteiger partial charge in [0.1, 0.15) is 0 Å². The van der Waals surface area contributed by atoms with Gasteiger partial charge in [0.15, 0.2) is 0 Å². The van der Waals surface area contributed by atoms with E-state index in [0.717, 1.165) is 6.42 Å². The maximum absolute atomic E-state index is 3.72. The van der Waals surface area contributed by atoms with Crippen molar-refractivity contribution in [3.8, 4) is 0 Å². The van der Waals surface area contributed by atoms with E-state index < -0.39 is 0 Å². The number of rotatable bonds is 8. The zero-order valence-corrected chi connectivity index (χ0v) is 9.78. The van der Waals surface area contributed by atoms with Crippen LogP contribution in [0.15, 0.2) is 12.7 Å². The van der Waals surface area contributed by atoms with Gasteiger partial charge in [-0.15, -0.1) is 6.58 Å². The first kappa shape index (κ1) is 12.2. The van der Waals surface area contributed by atoms with Crippen LogP contribution in [-0.4, -0.2) is 4.83 Å². The summed E-state index contributed by atoms with van der Waals surface area (Å²) in [5.74, 6) is 0. The molecule has 0 heterocycles. The van der Waals surface area contributed by atoms with Crippen molar-refractivity contribution < 1.29 is 0 Å². The van der Waals surface area contributed by atoms with E-state index in [1.54, 1.807) is 0 Å². The first-order valence-corrected chi connectivity index (χ1v) is 5.97. The first-order valence-electron chi connectivity index (χ1n) is 5.06. The molecule has 0 saturated heterocycles. The van der Waals surface area contributed by atoms with Gasteiger partial charge in [0, 0.05) is 4.83 Å². The fourth-order valence-electron chi connectivity index (χ4n) is 1.24. The van der Waals surface area contributed by atoms with Crippen LogP contribution in [0.4, 0.5) is 0 Å². The van der Waals surface area contributed by atoms with Crippen LogP contribution in [0, 0.1) is 0 Å². The number of allylic oxidation sites excluding steroid dienone is 1. The molecule has 0 aromatic carbocycles. The summed E-state index contributed by atoms with van der Waals surface area (Å²) in [6, 6.07) is 0. The molecule has 1 unspecified atom stereocenters. The Bertz CT molecular complexity index is 99.2. The van der Waals surface area contributed by atoms with Crippen LogP contribution in [0.2, 0.25) is 0 Å². The fraction of sp³-hybridized carbons (Fsp3) is 0.818. The molecule has 0 fully saturated rings. The Labute approximate surface area is 85.6 Å². The highest BCUT2D eigenvalue weighted by molar-refractivity contribution is 9.09. The molecule has 12 heavy (non-hydrogen) atoms. The molecular formula is C11H21Br. The Morgan fingerprint density at radius 3 is 2.58 bits per heavy atom. The van der Waals surface area contributed by atoms with E-state index in [0.29, 0.717) is 4.83 Å². The second-order valence-electron chi connectivity index (χ2n) is 3.31. The minimum absolute atomic E-state index is 0.715. The van der Waals surface area contributed by atoms with Crippen LogP contribution >= 0.6 is 15.9 Å². The molecule has 0 radical (unpaired) electrons. The van der Waals surface area contributed by atoms with Crippen LogP contribution in [0.5, 0.6) is 0 Å². The minimum Gasteiger partial charge on any atom is -0.103 e. The lowest BCUT2D eigenvalue weighted by Crippen LogP contribution is -1.96. The molecule has 0 amide bonds. The monoisotopic (exact) mass is 232 g/mol. The number of hydrogen-bond acceptors (Lipinski definition) is 0. The third-order valence-electron chi connectivity index (χ3n) is 2.05. The Kier molecular flexibility index (Phi) is 9.48. The van der Waals surface area contributed by atoms with Gasteiger partial charge in [0.05, 0.1) is 0 Å². The maximum atomic E-state index is 3.72. The van der Waals surface area contributed by atoms with Gasteiger partial charge >= 0.3 is 0 Å². The lowest BCUT2D eigenvalue weighted by Gasteiger charge is -2.06. The van der Waals surface area contributed by atoms with E-state index in [-0.39, 0.29) is 0 Å². The van der Waals surface area contributed by atoms with Crippen molar-refractivity contribution in [2.45, 2.75) is 56.7 Å². The predicted octanol–water partition coefficient (Wildman–Crippen LogP) is 4.69. The van der Waals surface area contributed by atoms with Gasteiger partial charge in [-0.05, 0) is 19.3 Å². The summed E-state index contributed by atoms with van der Waals surface area (Å²) in [5, 5.41) is 0. The van der Waals surface area contributed by atoms with E-state index in [1.807, 2.05) is 6.08 Å². The van der Waals surface area contributed by atoms with Gasteiger partial charge in [0.2, 0.25) is 0 Å². The molecule has 0 aliphatic heterocycles. The quantitative estimate of drug-likeness (QED) is 0.324. The minimum atomic E-state index is 0.715. The van der Waals surface area contributed by atoms with Crippen molar-refractivity contribution in [3.05, 3.63) is 12.7 Å². The van der Waals surface area contributed by atoms with Crippen molar-refractivity contribution in [1.29, 1.82) is 0 Å². The second kappa shape index (κ2) is 9.31. The molecule has 0 aromatic rings. The summed E-state index contributed by atoms with van der Waals surface area (Å²) >= 11 is 3.68. The van der Waals surface area contributed by atoms with Gasteiger partial charge in [-0.1, -0.05) is 54.6 Å². The Balaban J connectivity index is 3.07. The van der Waals surface area contributed by atoms with E-state index in [9.17, 15) is 0 Å². The Morgan fingerprint density at radius 2 is 2.00 bits per heavy atom. The van der Waals surface area contributed by atoms with Gasteiger partial charge in [-0.2, -0.15) is 0 Å². The molecule has 1 atom stereocenters. The van der Waals surface area contributed by atoms with Crippen molar-refractivity contribution >= 4 is 15.9 Å². The molecule has 1 heteroatoms. The van der Waals surface area contributed by atoms with Crippen molar-refractivity contribution in [1.82, 2.24) is 0 Å². The van der Waals surface area contributed by atoms with E-state index >= 15 is 0 Å². The number of alkyl halides is 1. The van der Waals surface area contributed by atoms with Crippen LogP contribution in [0.25, 0.3) is 0 Å². The van der Waals surface area contributed by atoms with Gasteiger partial charge in [0.25, 0.3) is 0 Å². The maximum Gasteiger partial charge on any atom is 0.0148 e. The van der Waals surface area contributed by atoms with Crippen LogP contribution in [0.1, 0.15) is 51.9 Å². The highest BCUT2D eigenvalue weighted by Crippen LogP contribution is 2.16. The summed E-state index contributed by atoms with van der Waals surface area (Å²) in [6.45, 7) is 5.97. The highest BCUT2D eigenvalue weighted by Gasteiger charge is 2.01. The molecule has 0 aromatic heterocycles. The fourth-order valence-corrected chi connectivity index (χ4v) is 1.82. The van der Waals surface area contributed by atoms with Crippen LogP contribution in [0.3, 0.4) is 0 Å². The van der Waals surface area contributed by atoms with Crippen molar-refractivity contribution in [2.24, 2.45) is 0 Å². The van der Waals surface area contributed by atoms with Crippen molar-refractivity contribution in [2.75, 3.05) is 0 Å². The summed E-state index contributed by atoms with van der Waals surface area (Å²) in [7, 11) is 0. The van der Waals surface area contributed by atoms with Gasteiger partial charge < -0.3 is 0 Å². The Morgan fingerprint density at radius 1 is 1.25 bits per heavy atom. The average molecular weight is 233 g/mol. The molecule has 0 aliphatic carbocycles. The third kappa shape index (κ3) is 8.32. The van der Waals surface area contributed by atoms with E-state index in [1.165, 1.54) is 38.5 Å². The van der Waals surface area contributed by atoms with Gasteiger partial charge in [-0.25, -0.2) is 0 Å². The summed E-state index contributed by atoms with van der Waals surface area (Å²) < 4.78 is 0. The summed E-state index contributed by atoms with van der Waals surface area (Å²) in [5.41, 5.74) is 0. The molecule has 0 spiro atoms. The molecule has 0 N–H and O–H groups in total. The van der Waals surface area contributed by atoms with Crippen molar-refractivity contribution in [3.63, 3.8) is 0 Å². The molecular weight excluding hydrogens is 212 g/mol. The molecule has 0 bridgehead atoms. The predicted molar refractivity (Wildman–Crippen MR) is 60.9 cm³/mol.